The summed E-state index contributed by atoms with van der Waals surface area (Å²) in [4.78, 5) is 1.63. The highest BCUT2D eigenvalue weighted by Gasteiger charge is 2.21. The maximum atomic E-state index is 5.91. The van der Waals surface area contributed by atoms with E-state index in [0.717, 1.165) is 23.2 Å². The number of thiocarbonyl (C=S) groups is 2. The Hall–Kier alpha value is -2.76. The van der Waals surface area contributed by atoms with Crippen molar-refractivity contribution in [3.8, 4) is 11.5 Å². The Labute approximate surface area is 182 Å². The molecule has 0 radical (unpaired) electrons. The van der Waals surface area contributed by atoms with Crippen LogP contribution in [-0.2, 0) is 6.42 Å². The van der Waals surface area contributed by atoms with Crippen LogP contribution in [0, 0.1) is 13.8 Å². The fourth-order valence-corrected chi connectivity index (χ4v) is 3.30. The maximum Gasteiger partial charge on any atom is 0.277 e. The molecular weight excluding hydrogens is 398 g/mol. The molecule has 0 atom stereocenters. The van der Waals surface area contributed by atoms with Crippen molar-refractivity contribution in [2.75, 3.05) is 4.90 Å². The lowest BCUT2D eigenvalue weighted by Crippen LogP contribution is -2.40. The van der Waals surface area contributed by atoms with Gasteiger partial charge in [0.05, 0.1) is 5.69 Å². The summed E-state index contributed by atoms with van der Waals surface area (Å²) in [6, 6.07) is 23.4. The predicted octanol–water partition coefficient (Wildman–Crippen LogP) is 6.40. The third-order valence-electron chi connectivity index (χ3n) is 4.42. The first-order valence-electron chi connectivity index (χ1n) is 9.42. The van der Waals surface area contributed by atoms with Crippen LogP contribution in [0.3, 0.4) is 0 Å². The van der Waals surface area contributed by atoms with Gasteiger partial charge in [-0.3, -0.25) is 0 Å². The van der Waals surface area contributed by atoms with Crippen molar-refractivity contribution in [1.82, 2.24) is 0 Å². The summed E-state index contributed by atoms with van der Waals surface area (Å²) in [5.41, 5.74) is 4.31. The standard InChI is InChI=1S/C24H23NO2S2/c1-4-19-9-11-20(12-10-19)25(23(28)26-21-13-5-17(2)6-14-21)24(29)27-22-15-7-18(3)8-16-22/h5-16H,4H2,1-3H3. The highest BCUT2D eigenvalue weighted by molar-refractivity contribution is 7.82. The van der Waals surface area contributed by atoms with Gasteiger partial charge in [0.1, 0.15) is 11.5 Å². The van der Waals surface area contributed by atoms with Gasteiger partial charge < -0.3 is 9.47 Å². The molecule has 5 heteroatoms. The number of aryl methyl sites for hydroxylation is 3. The van der Waals surface area contributed by atoms with Gasteiger partial charge in [-0.2, -0.15) is 0 Å². The van der Waals surface area contributed by atoms with E-state index in [9.17, 15) is 0 Å². The summed E-state index contributed by atoms with van der Waals surface area (Å²) in [5.74, 6) is 1.29. The Bertz CT molecular complexity index is 921. The first-order chi connectivity index (χ1) is 14.0. The molecule has 3 rings (SSSR count). The topological polar surface area (TPSA) is 21.7 Å². The number of hydrogen-bond donors (Lipinski definition) is 0. The minimum atomic E-state index is 0.204. The van der Waals surface area contributed by atoms with E-state index in [-0.39, 0.29) is 10.3 Å². The predicted molar refractivity (Wildman–Crippen MR) is 127 cm³/mol. The van der Waals surface area contributed by atoms with Gasteiger partial charge in [-0.25, -0.2) is 4.90 Å². The van der Waals surface area contributed by atoms with E-state index >= 15 is 0 Å². The average molecular weight is 422 g/mol. The smallest absolute Gasteiger partial charge is 0.277 e. The van der Waals surface area contributed by atoms with Crippen molar-refractivity contribution in [3.05, 3.63) is 89.5 Å². The zero-order valence-corrected chi connectivity index (χ0v) is 18.3. The summed E-state index contributed by atoms with van der Waals surface area (Å²) >= 11 is 11.2. The zero-order valence-electron chi connectivity index (χ0n) is 16.7. The Morgan fingerprint density at radius 2 is 1.10 bits per heavy atom. The molecule has 0 bridgehead atoms. The number of ether oxygens (including phenoxy) is 2. The monoisotopic (exact) mass is 421 g/mol. The highest BCUT2D eigenvalue weighted by Crippen LogP contribution is 2.22. The van der Waals surface area contributed by atoms with Crippen molar-refractivity contribution in [1.29, 1.82) is 0 Å². The van der Waals surface area contributed by atoms with E-state index in [4.69, 9.17) is 33.9 Å². The van der Waals surface area contributed by atoms with Crippen LogP contribution >= 0.6 is 24.4 Å². The molecule has 0 saturated carbocycles. The largest absolute Gasteiger partial charge is 0.431 e. The minimum Gasteiger partial charge on any atom is -0.431 e. The zero-order chi connectivity index (χ0) is 20.8. The third kappa shape index (κ3) is 5.62. The minimum absolute atomic E-state index is 0.204. The first-order valence-corrected chi connectivity index (χ1v) is 10.2. The maximum absolute atomic E-state index is 5.91. The van der Waals surface area contributed by atoms with Crippen molar-refractivity contribution in [3.63, 3.8) is 0 Å². The van der Waals surface area contributed by atoms with E-state index in [1.807, 2.05) is 86.6 Å². The molecule has 3 aromatic carbocycles. The molecule has 0 aliphatic rings. The second kappa shape index (κ2) is 9.63. The van der Waals surface area contributed by atoms with Crippen LogP contribution in [0.1, 0.15) is 23.6 Å². The van der Waals surface area contributed by atoms with Gasteiger partial charge in [0.15, 0.2) is 0 Å². The van der Waals surface area contributed by atoms with E-state index in [1.165, 1.54) is 5.56 Å². The normalized spacial score (nSPS) is 10.3. The van der Waals surface area contributed by atoms with Gasteiger partial charge in [0.2, 0.25) is 0 Å². The van der Waals surface area contributed by atoms with Crippen LogP contribution in [0.2, 0.25) is 0 Å². The van der Waals surface area contributed by atoms with Crippen LogP contribution in [0.15, 0.2) is 72.8 Å². The lowest BCUT2D eigenvalue weighted by atomic mass is 10.1. The fraction of sp³-hybridized carbons (Fsp3) is 0.167. The molecule has 0 aliphatic carbocycles. The van der Waals surface area contributed by atoms with Gasteiger partial charge in [0.25, 0.3) is 10.3 Å². The molecule has 0 heterocycles. The highest BCUT2D eigenvalue weighted by atomic mass is 32.1. The fourth-order valence-electron chi connectivity index (χ4n) is 2.67. The number of nitrogens with zero attached hydrogens (tertiary/aromatic N) is 1. The summed E-state index contributed by atoms with van der Waals surface area (Å²) < 4.78 is 11.8. The van der Waals surface area contributed by atoms with Crippen LogP contribution in [0.25, 0.3) is 0 Å². The number of hydrogen-bond acceptors (Lipinski definition) is 4. The molecular formula is C24H23NO2S2. The van der Waals surface area contributed by atoms with Crippen LogP contribution in [0.4, 0.5) is 5.69 Å². The summed E-state index contributed by atoms with van der Waals surface area (Å²) in [6.45, 7) is 6.16. The molecule has 0 aliphatic heterocycles. The van der Waals surface area contributed by atoms with Gasteiger partial charge >= 0.3 is 0 Å². The van der Waals surface area contributed by atoms with Crippen molar-refractivity contribution < 1.29 is 9.47 Å². The lowest BCUT2D eigenvalue weighted by Gasteiger charge is -2.25. The SMILES string of the molecule is CCc1ccc(N(C(=S)Oc2ccc(C)cc2)C(=S)Oc2ccc(C)cc2)cc1. The van der Waals surface area contributed by atoms with Crippen molar-refractivity contribution in [2.24, 2.45) is 0 Å². The molecule has 3 aromatic rings. The first kappa shape index (κ1) is 21.0. The molecule has 0 aromatic heterocycles. The number of benzene rings is 3. The van der Waals surface area contributed by atoms with Gasteiger partial charge in [-0.1, -0.05) is 54.4 Å². The van der Waals surface area contributed by atoms with Crippen molar-refractivity contribution in [2.45, 2.75) is 27.2 Å². The second-order valence-electron chi connectivity index (χ2n) is 6.72. The van der Waals surface area contributed by atoms with Gasteiger partial charge in [-0.05, 0) is 86.7 Å². The molecule has 29 heavy (non-hydrogen) atoms. The number of anilines is 1. The summed E-state index contributed by atoms with van der Waals surface area (Å²) in [5, 5.41) is 0.408. The van der Waals surface area contributed by atoms with Crippen LogP contribution < -0.4 is 14.4 Å². The Morgan fingerprint density at radius 3 is 1.48 bits per heavy atom. The van der Waals surface area contributed by atoms with E-state index < -0.39 is 0 Å². The average Bonchev–Trinajstić information content (AvgIpc) is 2.72. The third-order valence-corrected chi connectivity index (χ3v) is 4.95. The summed E-state index contributed by atoms with van der Waals surface area (Å²) in [6.07, 6.45) is 0.953. The van der Waals surface area contributed by atoms with E-state index in [1.54, 1.807) is 4.90 Å². The van der Waals surface area contributed by atoms with Crippen LogP contribution in [0.5, 0.6) is 11.5 Å². The Morgan fingerprint density at radius 1 is 0.690 bits per heavy atom. The molecule has 0 N–H and O–H groups in total. The van der Waals surface area contributed by atoms with Gasteiger partial charge in [-0.15, -0.1) is 0 Å². The van der Waals surface area contributed by atoms with E-state index in [2.05, 4.69) is 6.92 Å². The molecule has 0 spiro atoms. The molecule has 0 unspecified atom stereocenters. The van der Waals surface area contributed by atoms with Crippen molar-refractivity contribution >= 4 is 40.5 Å². The lowest BCUT2D eigenvalue weighted by molar-refractivity contribution is 0.530. The number of rotatable bonds is 4. The molecule has 0 amide bonds. The van der Waals surface area contributed by atoms with Crippen LogP contribution in [-0.4, -0.2) is 10.3 Å². The molecule has 148 valence electrons. The second-order valence-corrected chi connectivity index (χ2v) is 7.42. The Balaban J connectivity index is 1.87. The van der Waals surface area contributed by atoms with Gasteiger partial charge in [0, 0.05) is 0 Å². The molecule has 3 nitrogen and oxygen atoms in total. The summed E-state index contributed by atoms with van der Waals surface area (Å²) in [7, 11) is 0. The quantitative estimate of drug-likeness (QED) is 0.453. The molecule has 0 saturated heterocycles. The molecule has 0 fully saturated rings. The van der Waals surface area contributed by atoms with E-state index in [0.29, 0.717) is 11.5 Å². The Kier molecular flexibility index (Phi) is 6.96.